The van der Waals surface area contributed by atoms with Crippen LogP contribution in [0.5, 0.6) is 0 Å². The predicted octanol–water partition coefficient (Wildman–Crippen LogP) is 4.33. The molecule has 0 bridgehead atoms. The zero-order chi connectivity index (χ0) is 13.0. The van der Waals surface area contributed by atoms with Crippen molar-refractivity contribution in [3.8, 4) is 0 Å². The van der Waals surface area contributed by atoms with Gasteiger partial charge in [-0.05, 0) is 24.6 Å². The van der Waals surface area contributed by atoms with Crippen LogP contribution in [-0.4, -0.2) is 0 Å². The lowest BCUT2D eigenvalue weighted by Gasteiger charge is -2.14. The lowest BCUT2D eigenvalue weighted by molar-refractivity contribution is 0.544. The molecule has 0 spiro atoms. The maximum absolute atomic E-state index is 13.6. The Labute approximate surface area is 112 Å². The first-order chi connectivity index (χ1) is 8.66. The van der Waals surface area contributed by atoms with Gasteiger partial charge >= 0.3 is 0 Å². The number of benzene rings is 2. The van der Waals surface area contributed by atoms with Gasteiger partial charge in [0, 0.05) is 23.2 Å². The van der Waals surface area contributed by atoms with Crippen LogP contribution in [0.15, 0.2) is 48.5 Å². The normalized spacial score (nSPS) is 12.4. The van der Waals surface area contributed by atoms with E-state index in [-0.39, 0.29) is 11.9 Å². The molecule has 1 atom stereocenters. The lowest BCUT2D eigenvalue weighted by atomic mass is 10.1. The van der Waals surface area contributed by atoms with Gasteiger partial charge in [-0.1, -0.05) is 48.0 Å². The molecule has 0 heterocycles. The predicted molar refractivity (Wildman–Crippen MR) is 73.1 cm³/mol. The summed E-state index contributed by atoms with van der Waals surface area (Å²) in [6.07, 6.45) is 0. The highest BCUT2D eigenvalue weighted by Crippen LogP contribution is 2.16. The fraction of sp³-hybridized carbons (Fsp3) is 0.200. The van der Waals surface area contributed by atoms with Crippen LogP contribution >= 0.6 is 11.6 Å². The first-order valence-corrected chi connectivity index (χ1v) is 6.27. The van der Waals surface area contributed by atoms with Crippen LogP contribution in [0, 0.1) is 5.82 Å². The minimum absolute atomic E-state index is 0.182. The molecule has 1 N–H and O–H groups in total. The highest BCUT2D eigenvalue weighted by Gasteiger charge is 2.07. The van der Waals surface area contributed by atoms with Crippen molar-refractivity contribution >= 4 is 11.6 Å². The van der Waals surface area contributed by atoms with E-state index >= 15 is 0 Å². The number of rotatable bonds is 4. The molecule has 0 fully saturated rings. The largest absolute Gasteiger partial charge is 0.306 e. The van der Waals surface area contributed by atoms with Gasteiger partial charge in [0.15, 0.2) is 0 Å². The Kier molecular flexibility index (Phi) is 4.34. The van der Waals surface area contributed by atoms with E-state index in [1.54, 1.807) is 12.1 Å². The average Bonchev–Trinajstić information content (AvgIpc) is 2.38. The lowest BCUT2D eigenvalue weighted by Crippen LogP contribution is -2.18. The number of halogens is 2. The van der Waals surface area contributed by atoms with E-state index in [1.807, 2.05) is 18.2 Å². The van der Waals surface area contributed by atoms with E-state index in [9.17, 15) is 4.39 Å². The molecule has 0 aliphatic heterocycles. The van der Waals surface area contributed by atoms with Crippen molar-refractivity contribution in [1.82, 2.24) is 5.32 Å². The highest BCUT2D eigenvalue weighted by atomic mass is 35.5. The molecule has 2 rings (SSSR count). The van der Waals surface area contributed by atoms with E-state index in [0.717, 1.165) is 0 Å². The van der Waals surface area contributed by atoms with E-state index in [1.165, 1.54) is 11.6 Å². The van der Waals surface area contributed by atoms with Crippen LogP contribution in [0.3, 0.4) is 0 Å². The summed E-state index contributed by atoms with van der Waals surface area (Å²) < 4.78 is 13.6. The Morgan fingerprint density at radius 2 is 1.89 bits per heavy atom. The third-order valence-corrected chi connectivity index (χ3v) is 3.15. The summed E-state index contributed by atoms with van der Waals surface area (Å²) in [5.74, 6) is -0.268. The molecule has 94 valence electrons. The van der Waals surface area contributed by atoms with Gasteiger partial charge in [-0.2, -0.15) is 0 Å². The molecule has 18 heavy (non-hydrogen) atoms. The Balaban J connectivity index is 1.99. The van der Waals surface area contributed by atoms with Crippen molar-refractivity contribution in [1.29, 1.82) is 0 Å². The van der Waals surface area contributed by atoms with E-state index < -0.39 is 0 Å². The summed E-state index contributed by atoms with van der Waals surface area (Å²) in [6, 6.07) is 15.0. The molecular formula is C15H15ClFN. The van der Waals surface area contributed by atoms with Crippen LogP contribution in [0.4, 0.5) is 4.39 Å². The molecule has 0 aliphatic rings. The molecule has 0 amide bonds. The fourth-order valence-corrected chi connectivity index (χ4v) is 1.95. The maximum Gasteiger partial charge on any atom is 0.129 e. The minimum atomic E-state index is -0.268. The van der Waals surface area contributed by atoms with Crippen LogP contribution < -0.4 is 5.32 Å². The van der Waals surface area contributed by atoms with Gasteiger partial charge in [0.2, 0.25) is 0 Å². The van der Waals surface area contributed by atoms with Crippen molar-refractivity contribution < 1.29 is 4.39 Å². The second-order valence-corrected chi connectivity index (χ2v) is 4.69. The topological polar surface area (TPSA) is 12.0 Å². The Morgan fingerprint density at radius 1 is 1.17 bits per heavy atom. The van der Waals surface area contributed by atoms with Crippen molar-refractivity contribution in [2.24, 2.45) is 0 Å². The van der Waals surface area contributed by atoms with Crippen molar-refractivity contribution in [2.45, 2.75) is 19.5 Å². The van der Waals surface area contributed by atoms with Gasteiger partial charge in [0.05, 0.1) is 0 Å². The van der Waals surface area contributed by atoms with Gasteiger partial charge in [-0.3, -0.25) is 0 Å². The van der Waals surface area contributed by atoms with Crippen molar-refractivity contribution in [2.75, 3.05) is 0 Å². The number of hydrogen-bond acceptors (Lipinski definition) is 1. The van der Waals surface area contributed by atoms with Crippen molar-refractivity contribution in [3.63, 3.8) is 0 Å². The summed E-state index contributed by atoms with van der Waals surface area (Å²) >= 11 is 5.72. The van der Waals surface area contributed by atoms with Gasteiger partial charge < -0.3 is 5.32 Å². The van der Waals surface area contributed by atoms with E-state index in [2.05, 4.69) is 24.4 Å². The number of nitrogens with one attached hydrogen (secondary N) is 1. The summed E-state index contributed by atoms with van der Waals surface area (Å²) in [4.78, 5) is 0. The third kappa shape index (κ3) is 3.31. The van der Waals surface area contributed by atoms with E-state index in [0.29, 0.717) is 17.1 Å². The van der Waals surface area contributed by atoms with Crippen LogP contribution in [0.2, 0.25) is 5.02 Å². The quantitative estimate of drug-likeness (QED) is 0.866. The molecule has 0 saturated carbocycles. The van der Waals surface area contributed by atoms with Crippen molar-refractivity contribution in [3.05, 3.63) is 70.5 Å². The Hall–Kier alpha value is -1.38. The van der Waals surface area contributed by atoms with Crippen LogP contribution in [0.25, 0.3) is 0 Å². The Morgan fingerprint density at radius 3 is 2.56 bits per heavy atom. The molecule has 1 nitrogen and oxygen atoms in total. The highest BCUT2D eigenvalue weighted by molar-refractivity contribution is 6.30. The molecule has 0 saturated heterocycles. The fourth-order valence-electron chi connectivity index (χ4n) is 1.79. The third-order valence-electron chi connectivity index (χ3n) is 2.91. The van der Waals surface area contributed by atoms with Crippen LogP contribution in [-0.2, 0) is 6.54 Å². The van der Waals surface area contributed by atoms with Gasteiger partial charge in [-0.25, -0.2) is 4.39 Å². The van der Waals surface area contributed by atoms with E-state index in [4.69, 9.17) is 11.6 Å². The average molecular weight is 264 g/mol. The second-order valence-electron chi connectivity index (χ2n) is 4.25. The molecule has 2 aromatic carbocycles. The van der Waals surface area contributed by atoms with Gasteiger partial charge in [0.1, 0.15) is 5.82 Å². The first kappa shape index (κ1) is 13.1. The molecular weight excluding hydrogens is 249 g/mol. The van der Waals surface area contributed by atoms with Gasteiger partial charge in [-0.15, -0.1) is 0 Å². The molecule has 3 heteroatoms. The van der Waals surface area contributed by atoms with Gasteiger partial charge in [0.25, 0.3) is 0 Å². The molecule has 0 unspecified atom stereocenters. The zero-order valence-corrected chi connectivity index (χ0v) is 10.9. The first-order valence-electron chi connectivity index (χ1n) is 5.89. The monoisotopic (exact) mass is 263 g/mol. The van der Waals surface area contributed by atoms with Crippen LogP contribution in [0.1, 0.15) is 24.1 Å². The summed E-state index contributed by atoms with van der Waals surface area (Å²) in [5.41, 5.74) is 1.81. The Bertz CT molecular complexity index is 513. The standard InChI is InChI=1S/C15H15ClFN/c1-11(12-5-3-2-4-6-12)18-10-13-7-8-14(16)9-15(13)17/h2-9,11,18H,10H2,1H3/t11-/m0/s1. The SMILES string of the molecule is C[C@H](NCc1ccc(Cl)cc1F)c1ccccc1. The minimum Gasteiger partial charge on any atom is -0.306 e. The second kappa shape index (κ2) is 5.98. The number of hydrogen-bond donors (Lipinski definition) is 1. The summed E-state index contributed by atoms with van der Waals surface area (Å²) in [5, 5.41) is 3.72. The molecule has 0 aromatic heterocycles. The molecule has 0 aliphatic carbocycles. The molecule has 0 radical (unpaired) electrons. The maximum atomic E-state index is 13.6. The zero-order valence-electron chi connectivity index (χ0n) is 10.2. The smallest absolute Gasteiger partial charge is 0.129 e. The summed E-state index contributed by atoms with van der Waals surface area (Å²) in [6.45, 7) is 2.54. The molecule has 2 aromatic rings. The summed E-state index contributed by atoms with van der Waals surface area (Å²) in [7, 11) is 0.